The predicted octanol–water partition coefficient (Wildman–Crippen LogP) is 2.42. The van der Waals surface area contributed by atoms with Crippen molar-refractivity contribution in [1.82, 2.24) is 4.98 Å². The van der Waals surface area contributed by atoms with Gasteiger partial charge in [0, 0.05) is 11.8 Å². The van der Waals surface area contributed by atoms with E-state index in [0.29, 0.717) is 0 Å². The van der Waals surface area contributed by atoms with Crippen molar-refractivity contribution >= 4 is 0 Å². The monoisotopic (exact) mass is 244 g/mol. The maximum atomic E-state index is 12.9. The summed E-state index contributed by atoms with van der Waals surface area (Å²) in [5.41, 5.74) is 3.73. The Balaban J connectivity index is 3.12. The van der Waals surface area contributed by atoms with Crippen molar-refractivity contribution in [3.63, 3.8) is 0 Å². The highest BCUT2D eigenvalue weighted by molar-refractivity contribution is 5.18. The first-order chi connectivity index (χ1) is 7.18. The van der Waals surface area contributed by atoms with Crippen LogP contribution in [0.2, 0.25) is 0 Å². The molecule has 0 saturated heterocycles. The highest BCUT2D eigenvalue weighted by atomic mass is 19.4. The average molecular weight is 244 g/mol. The first kappa shape index (κ1) is 12.8. The van der Waals surface area contributed by atoms with E-state index in [4.69, 9.17) is 5.73 Å². The van der Waals surface area contributed by atoms with Crippen molar-refractivity contribution < 1.29 is 26.3 Å². The predicted molar refractivity (Wildman–Crippen MR) is 42.1 cm³/mol. The van der Waals surface area contributed by atoms with Gasteiger partial charge in [0.25, 0.3) is 0 Å². The van der Waals surface area contributed by atoms with E-state index in [1.54, 1.807) is 0 Å². The van der Waals surface area contributed by atoms with Gasteiger partial charge in [-0.05, 0) is 6.07 Å². The van der Waals surface area contributed by atoms with Crippen molar-refractivity contribution in [3.8, 4) is 0 Å². The van der Waals surface area contributed by atoms with Gasteiger partial charge < -0.3 is 5.73 Å². The van der Waals surface area contributed by atoms with Crippen LogP contribution in [0.4, 0.5) is 26.3 Å². The number of alkyl halides is 5. The van der Waals surface area contributed by atoms with E-state index in [1.807, 2.05) is 0 Å². The molecule has 1 heterocycles. The lowest BCUT2D eigenvalue weighted by Crippen LogP contribution is -2.46. The summed E-state index contributed by atoms with van der Waals surface area (Å²) in [6.07, 6.45) is -4.92. The summed E-state index contributed by atoms with van der Waals surface area (Å²) in [4.78, 5) is 2.95. The molecule has 1 atom stereocenters. The highest BCUT2D eigenvalue weighted by Crippen LogP contribution is 2.43. The lowest BCUT2D eigenvalue weighted by Gasteiger charge is -2.25. The van der Waals surface area contributed by atoms with Gasteiger partial charge in [-0.3, -0.25) is 0 Å². The van der Waals surface area contributed by atoms with Crippen molar-refractivity contribution in [3.05, 3.63) is 29.8 Å². The second-order valence-corrected chi connectivity index (χ2v) is 2.98. The standard InChI is InChI=1S/C8H6F6N2/c9-6-4(2-1-3-16-6)5(15)7(10,11)8(12,13)14/h1-3,5H,15H2/t5-/m1/s1. The van der Waals surface area contributed by atoms with Gasteiger partial charge in [0.15, 0.2) is 0 Å². The Morgan fingerprint density at radius 3 is 2.19 bits per heavy atom. The fourth-order valence-electron chi connectivity index (χ4n) is 1.00. The third kappa shape index (κ3) is 2.11. The zero-order chi connectivity index (χ0) is 12.6. The number of nitrogens with zero attached hydrogens (tertiary/aromatic N) is 1. The molecule has 0 fully saturated rings. The molecule has 0 aliphatic rings. The van der Waals surface area contributed by atoms with Crippen molar-refractivity contribution in [2.24, 2.45) is 5.73 Å². The number of hydrogen-bond acceptors (Lipinski definition) is 2. The molecule has 0 aliphatic carbocycles. The first-order valence-corrected chi connectivity index (χ1v) is 3.98. The number of pyridine rings is 1. The summed E-state index contributed by atoms with van der Waals surface area (Å²) in [7, 11) is 0. The Morgan fingerprint density at radius 2 is 1.75 bits per heavy atom. The fraction of sp³-hybridized carbons (Fsp3) is 0.375. The molecular weight excluding hydrogens is 238 g/mol. The van der Waals surface area contributed by atoms with Crippen molar-refractivity contribution in [2.45, 2.75) is 18.1 Å². The molecule has 0 spiro atoms. The van der Waals surface area contributed by atoms with Crippen LogP contribution in [0.15, 0.2) is 18.3 Å². The van der Waals surface area contributed by atoms with Crippen molar-refractivity contribution in [1.29, 1.82) is 0 Å². The summed E-state index contributed by atoms with van der Waals surface area (Å²) in [6.45, 7) is 0. The van der Waals surface area contributed by atoms with E-state index in [9.17, 15) is 26.3 Å². The Labute approximate surface area is 86.1 Å². The lowest BCUT2D eigenvalue weighted by atomic mass is 10.0. The first-order valence-electron chi connectivity index (χ1n) is 3.98. The average Bonchev–Trinajstić information content (AvgIpc) is 2.15. The normalized spacial score (nSPS) is 14.9. The molecule has 16 heavy (non-hydrogen) atoms. The van der Waals surface area contributed by atoms with Crippen LogP contribution in [0.1, 0.15) is 11.6 Å². The number of halogens is 6. The third-order valence-electron chi connectivity index (χ3n) is 1.89. The largest absolute Gasteiger partial charge is 0.455 e. The molecule has 0 bridgehead atoms. The van der Waals surface area contributed by atoms with Gasteiger partial charge in [-0.2, -0.15) is 26.3 Å². The molecule has 0 unspecified atom stereocenters. The lowest BCUT2D eigenvalue weighted by molar-refractivity contribution is -0.291. The Morgan fingerprint density at radius 1 is 1.19 bits per heavy atom. The molecule has 0 saturated carbocycles. The van der Waals surface area contributed by atoms with Gasteiger partial charge in [0.2, 0.25) is 5.95 Å². The van der Waals surface area contributed by atoms with E-state index in [2.05, 4.69) is 4.98 Å². The summed E-state index contributed by atoms with van der Waals surface area (Å²) in [5, 5.41) is 0. The van der Waals surface area contributed by atoms with Crippen LogP contribution >= 0.6 is 0 Å². The van der Waals surface area contributed by atoms with Crippen LogP contribution in [0.3, 0.4) is 0 Å². The van der Waals surface area contributed by atoms with Crippen LogP contribution in [0, 0.1) is 5.95 Å². The van der Waals surface area contributed by atoms with Crippen LogP contribution in [0.5, 0.6) is 0 Å². The van der Waals surface area contributed by atoms with Crippen LogP contribution in [-0.2, 0) is 0 Å². The topological polar surface area (TPSA) is 38.9 Å². The zero-order valence-electron chi connectivity index (χ0n) is 7.60. The molecule has 2 nitrogen and oxygen atoms in total. The molecule has 0 radical (unpaired) electrons. The molecule has 2 N–H and O–H groups in total. The Bertz CT molecular complexity index is 375. The quantitative estimate of drug-likeness (QED) is 0.641. The molecule has 8 heteroatoms. The van der Waals surface area contributed by atoms with Crippen LogP contribution in [-0.4, -0.2) is 17.1 Å². The number of nitrogens with two attached hydrogens (primary N) is 1. The second-order valence-electron chi connectivity index (χ2n) is 2.98. The zero-order valence-corrected chi connectivity index (χ0v) is 7.60. The van der Waals surface area contributed by atoms with Gasteiger partial charge in [0.1, 0.15) is 6.04 Å². The van der Waals surface area contributed by atoms with Crippen LogP contribution < -0.4 is 5.73 Å². The summed E-state index contributed by atoms with van der Waals surface area (Å²) in [6, 6.07) is -1.07. The number of hydrogen-bond donors (Lipinski definition) is 1. The SMILES string of the molecule is N[C@H](c1cccnc1F)C(F)(F)C(F)(F)F. The van der Waals surface area contributed by atoms with Gasteiger partial charge in [-0.25, -0.2) is 4.98 Å². The van der Waals surface area contributed by atoms with E-state index in [-0.39, 0.29) is 0 Å². The highest BCUT2D eigenvalue weighted by Gasteiger charge is 2.62. The van der Waals surface area contributed by atoms with Gasteiger partial charge in [0.05, 0.1) is 0 Å². The molecule has 1 rings (SSSR count). The van der Waals surface area contributed by atoms with Gasteiger partial charge >= 0.3 is 12.1 Å². The van der Waals surface area contributed by atoms with Crippen molar-refractivity contribution in [2.75, 3.05) is 0 Å². The van der Waals surface area contributed by atoms with E-state index in [1.165, 1.54) is 0 Å². The number of rotatable bonds is 2. The van der Waals surface area contributed by atoms with E-state index >= 15 is 0 Å². The van der Waals surface area contributed by atoms with E-state index in [0.717, 1.165) is 18.3 Å². The molecule has 0 aromatic carbocycles. The van der Waals surface area contributed by atoms with Crippen LogP contribution in [0.25, 0.3) is 0 Å². The maximum Gasteiger partial charge on any atom is 0.455 e. The summed E-state index contributed by atoms with van der Waals surface area (Å²) in [5.74, 6) is -6.66. The smallest absolute Gasteiger partial charge is 0.319 e. The van der Waals surface area contributed by atoms with Gasteiger partial charge in [-0.1, -0.05) is 6.07 Å². The van der Waals surface area contributed by atoms with E-state index < -0.39 is 29.7 Å². The summed E-state index contributed by atoms with van der Waals surface area (Å²) >= 11 is 0. The molecule has 0 amide bonds. The summed E-state index contributed by atoms with van der Waals surface area (Å²) < 4.78 is 74.1. The molecular formula is C8H6F6N2. The Kier molecular flexibility index (Phi) is 3.13. The fourth-order valence-corrected chi connectivity index (χ4v) is 1.00. The molecule has 0 aliphatic heterocycles. The second kappa shape index (κ2) is 3.93. The number of aromatic nitrogens is 1. The molecule has 90 valence electrons. The minimum atomic E-state index is -5.84. The minimum Gasteiger partial charge on any atom is -0.319 e. The van der Waals surface area contributed by atoms with Gasteiger partial charge in [-0.15, -0.1) is 0 Å². The molecule has 1 aromatic heterocycles. The third-order valence-corrected chi connectivity index (χ3v) is 1.89. The minimum absolute atomic E-state index is 0.729. The Hall–Kier alpha value is -1.31. The maximum absolute atomic E-state index is 12.9. The molecule has 1 aromatic rings.